The summed E-state index contributed by atoms with van der Waals surface area (Å²) in [6.45, 7) is 3.99. The van der Waals surface area contributed by atoms with Crippen LogP contribution in [0.5, 0.6) is 5.75 Å². The number of methoxy groups -OCH3 is 1. The first-order valence-electron chi connectivity index (χ1n) is 4.05. The van der Waals surface area contributed by atoms with Crippen LogP contribution in [0.4, 0.5) is 0 Å². The number of halogens is 1. The fourth-order valence-electron chi connectivity index (χ4n) is 1.18. The van der Waals surface area contributed by atoms with Crippen molar-refractivity contribution in [3.63, 3.8) is 0 Å². The summed E-state index contributed by atoms with van der Waals surface area (Å²) in [4.78, 5) is 0. The lowest BCUT2D eigenvalue weighted by atomic mass is 10.1. The number of benzene rings is 1. The van der Waals surface area contributed by atoms with Crippen molar-refractivity contribution in [1.29, 1.82) is 0 Å². The third-order valence-corrected chi connectivity index (χ3v) is 1.94. The van der Waals surface area contributed by atoms with E-state index in [1.807, 2.05) is 26.0 Å². The van der Waals surface area contributed by atoms with E-state index in [2.05, 4.69) is 6.07 Å². The van der Waals surface area contributed by atoms with Crippen LogP contribution < -0.4 is 10.5 Å². The van der Waals surface area contributed by atoms with Crippen LogP contribution in [0.25, 0.3) is 0 Å². The first kappa shape index (κ1) is 12.3. The summed E-state index contributed by atoms with van der Waals surface area (Å²) in [5.41, 5.74) is 8.01. The Bertz CT molecular complexity index is 274. The van der Waals surface area contributed by atoms with E-state index < -0.39 is 0 Å². The second-order valence-electron chi connectivity index (χ2n) is 3.02. The molecule has 2 nitrogen and oxygen atoms in total. The van der Waals surface area contributed by atoms with Crippen LogP contribution in [0.2, 0.25) is 0 Å². The molecular formula is C10H16ClNO. The van der Waals surface area contributed by atoms with Crippen LogP contribution in [0.1, 0.15) is 24.1 Å². The monoisotopic (exact) mass is 201 g/mol. The lowest BCUT2D eigenvalue weighted by molar-refractivity contribution is 0.411. The fraction of sp³-hybridized carbons (Fsp3) is 0.400. The molecule has 1 atom stereocenters. The summed E-state index contributed by atoms with van der Waals surface area (Å²) in [7, 11) is 1.67. The smallest absolute Gasteiger partial charge is 0.121 e. The van der Waals surface area contributed by atoms with Crippen molar-refractivity contribution < 1.29 is 4.74 Å². The first-order valence-corrected chi connectivity index (χ1v) is 4.05. The zero-order chi connectivity index (χ0) is 9.14. The van der Waals surface area contributed by atoms with Crippen LogP contribution >= 0.6 is 12.4 Å². The van der Waals surface area contributed by atoms with Gasteiger partial charge in [0.2, 0.25) is 0 Å². The molecule has 0 unspecified atom stereocenters. The number of ether oxygens (including phenoxy) is 1. The van der Waals surface area contributed by atoms with E-state index in [-0.39, 0.29) is 18.4 Å². The van der Waals surface area contributed by atoms with Gasteiger partial charge in [-0.2, -0.15) is 0 Å². The topological polar surface area (TPSA) is 35.2 Å². The second kappa shape index (κ2) is 5.10. The van der Waals surface area contributed by atoms with Gasteiger partial charge >= 0.3 is 0 Å². The maximum absolute atomic E-state index is 5.73. The van der Waals surface area contributed by atoms with Crippen molar-refractivity contribution in [2.75, 3.05) is 7.11 Å². The third-order valence-electron chi connectivity index (χ3n) is 1.94. The van der Waals surface area contributed by atoms with E-state index in [1.165, 1.54) is 0 Å². The van der Waals surface area contributed by atoms with Crippen molar-refractivity contribution in [2.45, 2.75) is 19.9 Å². The molecule has 0 fully saturated rings. The minimum atomic E-state index is 0. The molecule has 3 heteroatoms. The van der Waals surface area contributed by atoms with Crippen LogP contribution in [0.15, 0.2) is 18.2 Å². The molecule has 0 heterocycles. The van der Waals surface area contributed by atoms with Crippen molar-refractivity contribution in [3.8, 4) is 5.75 Å². The Labute approximate surface area is 85.5 Å². The molecule has 0 aliphatic heterocycles. The summed E-state index contributed by atoms with van der Waals surface area (Å²) in [5, 5.41) is 0. The summed E-state index contributed by atoms with van der Waals surface area (Å²) >= 11 is 0. The van der Waals surface area contributed by atoms with Gasteiger partial charge in [-0.3, -0.25) is 0 Å². The molecule has 1 rings (SSSR count). The number of aryl methyl sites for hydroxylation is 1. The zero-order valence-corrected chi connectivity index (χ0v) is 9.02. The second-order valence-corrected chi connectivity index (χ2v) is 3.02. The Hall–Kier alpha value is -0.730. The molecule has 0 aliphatic carbocycles. The zero-order valence-electron chi connectivity index (χ0n) is 8.20. The molecule has 13 heavy (non-hydrogen) atoms. The molecule has 0 radical (unpaired) electrons. The molecule has 0 saturated heterocycles. The van der Waals surface area contributed by atoms with E-state index in [0.29, 0.717) is 0 Å². The molecule has 1 aromatic carbocycles. The van der Waals surface area contributed by atoms with Gasteiger partial charge in [0.1, 0.15) is 5.75 Å². The lowest BCUT2D eigenvalue weighted by Crippen LogP contribution is -2.05. The van der Waals surface area contributed by atoms with Crippen molar-refractivity contribution >= 4 is 12.4 Å². The molecule has 2 N–H and O–H groups in total. The fourth-order valence-corrected chi connectivity index (χ4v) is 1.18. The van der Waals surface area contributed by atoms with E-state index in [4.69, 9.17) is 10.5 Å². The quantitative estimate of drug-likeness (QED) is 0.798. The van der Waals surface area contributed by atoms with E-state index in [1.54, 1.807) is 7.11 Å². The van der Waals surface area contributed by atoms with Gasteiger partial charge in [0, 0.05) is 6.04 Å². The van der Waals surface area contributed by atoms with E-state index >= 15 is 0 Å². The Morgan fingerprint density at radius 2 is 2.00 bits per heavy atom. The van der Waals surface area contributed by atoms with Gasteiger partial charge in [-0.1, -0.05) is 12.1 Å². The predicted octanol–water partition coefficient (Wildman–Crippen LogP) is 2.45. The molecule has 0 spiro atoms. The number of hydrogen-bond donors (Lipinski definition) is 1. The number of hydrogen-bond acceptors (Lipinski definition) is 2. The van der Waals surface area contributed by atoms with E-state index in [0.717, 1.165) is 16.9 Å². The number of rotatable bonds is 2. The maximum atomic E-state index is 5.73. The molecule has 0 saturated carbocycles. The van der Waals surface area contributed by atoms with Gasteiger partial charge in [-0.25, -0.2) is 0 Å². The third kappa shape index (κ3) is 2.90. The molecule has 0 amide bonds. The van der Waals surface area contributed by atoms with Gasteiger partial charge in [0.05, 0.1) is 7.11 Å². The highest BCUT2D eigenvalue weighted by molar-refractivity contribution is 5.85. The van der Waals surface area contributed by atoms with Gasteiger partial charge in [0.25, 0.3) is 0 Å². The minimum Gasteiger partial charge on any atom is -0.496 e. The molecule has 0 aromatic heterocycles. The Morgan fingerprint density at radius 1 is 1.38 bits per heavy atom. The standard InChI is InChI=1S/C10H15NO.ClH/c1-7-6-9(8(2)11)4-5-10(7)12-3;/h4-6,8H,11H2,1-3H3;1H/t8-;/m0./s1. The average Bonchev–Trinajstić information content (AvgIpc) is 2.04. The van der Waals surface area contributed by atoms with Crippen LogP contribution in [-0.4, -0.2) is 7.11 Å². The Morgan fingerprint density at radius 3 is 2.38 bits per heavy atom. The number of nitrogens with two attached hydrogens (primary N) is 1. The predicted molar refractivity (Wildman–Crippen MR) is 57.6 cm³/mol. The van der Waals surface area contributed by atoms with Gasteiger partial charge in [-0.15, -0.1) is 12.4 Å². The molecule has 0 aliphatic rings. The highest BCUT2D eigenvalue weighted by Crippen LogP contribution is 2.20. The van der Waals surface area contributed by atoms with Crippen LogP contribution in [0, 0.1) is 6.92 Å². The minimum absolute atomic E-state index is 0. The molecule has 0 bridgehead atoms. The first-order chi connectivity index (χ1) is 5.65. The SMILES string of the molecule is COc1ccc([C@H](C)N)cc1C.Cl. The maximum Gasteiger partial charge on any atom is 0.121 e. The average molecular weight is 202 g/mol. The van der Waals surface area contributed by atoms with Gasteiger partial charge < -0.3 is 10.5 Å². The van der Waals surface area contributed by atoms with Gasteiger partial charge in [0.15, 0.2) is 0 Å². The van der Waals surface area contributed by atoms with E-state index in [9.17, 15) is 0 Å². The molecule has 74 valence electrons. The summed E-state index contributed by atoms with van der Waals surface area (Å²) in [5.74, 6) is 0.916. The summed E-state index contributed by atoms with van der Waals surface area (Å²) < 4.78 is 5.14. The summed E-state index contributed by atoms with van der Waals surface area (Å²) in [6, 6.07) is 6.10. The molecule has 1 aromatic rings. The highest BCUT2D eigenvalue weighted by Gasteiger charge is 2.02. The normalized spacial score (nSPS) is 11.7. The van der Waals surface area contributed by atoms with Crippen molar-refractivity contribution in [2.24, 2.45) is 5.73 Å². The Balaban J connectivity index is 0.00000144. The lowest BCUT2D eigenvalue weighted by Gasteiger charge is -2.09. The summed E-state index contributed by atoms with van der Waals surface area (Å²) in [6.07, 6.45) is 0. The van der Waals surface area contributed by atoms with Crippen LogP contribution in [-0.2, 0) is 0 Å². The highest BCUT2D eigenvalue weighted by atomic mass is 35.5. The largest absolute Gasteiger partial charge is 0.496 e. The van der Waals surface area contributed by atoms with Crippen molar-refractivity contribution in [3.05, 3.63) is 29.3 Å². The van der Waals surface area contributed by atoms with Crippen molar-refractivity contribution in [1.82, 2.24) is 0 Å². The Kier molecular flexibility index (Phi) is 4.81. The van der Waals surface area contributed by atoms with Crippen LogP contribution in [0.3, 0.4) is 0 Å². The van der Waals surface area contributed by atoms with Gasteiger partial charge in [-0.05, 0) is 31.0 Å². The molecular weight excluding hydrogens is 186 g/mol.